The minimum Gasteiger partial charge on any atom is -0.298 e. The number of unbranched alkanes of at least 4 members (excludes halogenated alkanes) is 1. The Kier molecular flexibility index (Phi) is 5.58. The first-order valence-electron chi connectivity index (χ1n) is 10.9. The van der Waals surface area contributed by atoms with Gasteiger partial charge in [0.25, 0.3) is 10.0 Å². The lowest BCUT2D eigenvalue weighted by atomic mass is 9.61. The Morgan fingerprint density at radius 3 is 2.53 bits per heavy atom. The molecular formula is C25H29NO3S. The van der Waals surface area contributed by atoms with E-state index in [2.05, 4.69) is 6.92 Å². The maximum atomic E-state index is 13.6. The SMILES string of the molecule is CCCCC(=O)C12CCCCC1=CN(S(=O)(=O)c1ccc(C)cc1)c1ccccc12. The molecule has 1 unspecified atom stereocenters. The van der Waals surface area contributed by atoms with E-state index in [4.69, 9.17) is 0 Å². The molecule has 30 heavy (non-hydrogen) atoms. The van der Waals surface area contributed by atoms with Crippen molar-refractivity contribution in [3.63, 3.8) is 0 Å². The molecule has 4 rings (SSSR count). The van der Waals surface area contributed by atoms with E-state index < -0.39 is 15.4 Å². The highest BCUT2D eigenvalue weighted by atomic mass is 32.2. The third kappa shape index (κ3) is 3.29. The first-order valence-corrected chi connectivity index (χ1v) is 12.3. The molecule has 0 bridgehead atoms. The second-order valence-electron chi connectivity index (χ2n) is 8.42. The van der Waals surface area contributed by atoms with E-state index in [9.17, 15) is 13.2 Å². The molecule has 2 aromatic rings. The lowest BCUT2D eigenvalue weighted by molar-refractivity contribution is -0.124. The number of rotatable bonds is 6. The number of Topliss-reactive ketones (excluding diaryl/α,β-unsaturated/α-hetero) is 1. The normalized spacial score (nSPS) is 20.9. The Morgan fingerprint density at radius 2 is 1.80 bits per heavy atom. The standard InChI is InChI=1S/C25H29NO3S/c1-3-4-12-24(27)25-17-8-7-9-20(25)18-26(23-11-6-5-10-22(23)25)30(28,29)21-15-13-19(2)14-16-21/h5-6,10-11,13-16,18H,3-4,7-9,12,17H2,1-2H3. The first-order chi connectivity index (χ1) is 14.4. The van der Waals surface area contributed by atoms with Crippen LogP contribution in [0.1, 0.15) is 63.0 Å². The fourth-order valence-corrected chi connectivity index (χ4v) is 6.23. The summed E-state index contributed by atoms with van der Waals surface area (Å²) in [5, 5.41) is 0. The predicted octanol–water partition coefficient (Wildman–Crippen LogP) is 5.66. The van der Waals surface area contributed by atoms with E-state index in [0.717, 1.165) is 55.2 Å². The molecule has 1 atom stereocenters. The smallest absolute Gasteiger partial charge is 0.268 e. The molecule has 0 amide bonds. The van der Waals surface area contributed by atoms with Crippen molar-refractivity contribution < 1.29 is 13.2 Å². The number of sulfonamides is 1. The van der Waals surface area contributed by atoms with Crippen molar-refractivity contribution in [1.82, 2.24) is 0 Å². The summed E-state index contributed by atoms with van der Waals surface area (Å²) in [6, 6.07) is 14.5. The zero-order valence-electron chi connectivity index (χ0n) is 17.7. The maximum Gasteiger partial charge on any atom is 0.268 e. The Labute approximate surface area is 179 Å². The van der Waals surface area contributed by atoms with Crippen molar-refractivity contribution in [2.24, 2.45) is 0 Å². The number of benzene rings is 2. The van der Waals surface area contributed by atoms with Crippen LogP contribution >= 0.6 is 0 Å². The Hall–Kier alpha value is -2.40. The molecule has 0 saturated heterocycles. The van der Waals surface area contributed by atoms with E-state index >= 15 is 0 Å². The van der Waals surface area contributed by atoms with Gasteiger partial charge in [-0.2, -0.15) is 0 Å². The molecule has 5 heteroatoms. The summed E-state index contributed by atoms with van der Waals surface area (Å²) < 4.78 is 28.6. The quantitative estimate of drug-likeness (QED) is 0.602. The molecule has 2 aliphatic rings. The van der Waals surface area contributed by atoms with Crippen LogP contribution in [0.3, 0.4) is 0 Å². The Morgan fingerprint density at radius 1 is 1.07 bits per heavy atom. The molecule has 0 aromatic heterocycles. The number of hydrogen-bond acceptors (Lipinski definition) is 3. The van der Waals surface area contributed by atoms with Gasteiger partial charge in [-0.3, -0.25) is 4.79 Å². The lowest BCUT2D eigenvalue weighted by Crippen LogP contribution is -2.45. The van der Waals surface area contributed by atoms with E-state index in [1.54, 1.807) is 18.3 Å². The molecule has 1 fully saturated rings. The van der Waals surface area contributed by atoms with Crippen LogP contribution in [0.5, 0.6) is 0 Å². The third-order valence-corrected chi connectivity index (χ3v) is 8.17. The van der Waals surface area contributed by atoms with Crippen molar-refractivity contribution in [2.45, 2.75) is 69.1 Å². The van der Waals surface area contributed by atoms with E-state index in [1.807, 2.05) is 43.3 Å². The molecule has 0 radical (unpaired) electrons. The van der Waals surface area contributed by atoms with Crippen LogP contribution in [-0.2, 0) is 20.2 Å². The van der Waals surface area contributed by atoms with E-state index in [1.165, 1.54) is 4.31 Å². The van der Waals surface area contributed by atoms with Crippen LogP contribution in [0.25, 0.3) is 0 Å². The summed E-state index contributed by atoms with van der Waals surface area (Å²) >= 11 is 0. The summed E-state index contributed by atoms with van der Waals surface area (Å²) in [5.74, 6) is 0.232. The zero-order valence-corrected chi connectivity index (χ0v) is 18.5. The van der Waals surface area contributed by atoms with Gasteiger partial charge < -0.3 is 0 Å². The fraction of sp³-hybridized carbons (Fsp3) is 0.400. The average molecular weight is 424 g/mol. The van der Waals surface area contributed by atoms with Crippen molar-refractivity contribution in [3.8, 4) is 0 Å². The molecule has 0 N–H and O–H groups in total. The van der Waals surface area contributed by atoms with Crippen LogP contribution in [0.2, 0.25) is 0 Å². The second-order valence-corrected chi connectivity index (χ2v) is 10.2. The van der Waals surface area contributed by atoms with E-state index in [0.29, 0.717) is 12.1 Å². The highest BCUT2D eigenvalue weighted by Crippen LogP contribution is 2.52. The number of aryl methyl sites for hydroxylation is 1. The highest BCUT2D eigenvalue weighted by Gasteiger charge is 2.49. The van der Waals surface area contributed by atoms with Gasteiger partial charge in [0.2, 0.25) is 0 Å². The van der Waals surface area contributed by atoms with Crippen molar-refractivity contribution >= 4 is 21.5 Å². The predicted molar refractivity (Wildman–Crippen MR) is 120 cm³/mol. The summed E-state index contributed by atoms with van der Waals surface area (Å²) in [4.78, 5) is 13.8. The minimum absolute atomic E-state index is 0.232. The van der Waals surface area contributed by atoms with Gasteiger partial charge in [-0.05, 0) is 61.9 Å². The number of ketones is 1. The topological polar surface area (TPSA) is 54.5 Å². The van der Waals surface area contributed by atoms with Gasteiger partial charge in [0.15, 0.2) is 0 Å². The summed E-state index contributed by atoms with van der Waals surface area (Å²) in [5.41, 5.74) is 2.74. The van der Waals surface area contributed by atoms with Gasteiger partial charge in [0, 0.05) is 12.6 Å². The number of anilines is 1. The van der Waals surface area contributed by atoms with Gasteiger partial charge in [0.1, 0.15) is 5.78 Å². The Bertz CT molecular complexity index is 1090. The van der Waals surface area contributed by atoms with Gasteiger partial charge in [-0.25, -0.2) is 12.7 Å². The third-order valence-electron chi connectivity index (χ3n) is 6.48. The van der Waals surface area contributed by atoms with Crippen molar-refractivity contribution in [3.05, 3.63) is 71.4 Å². The molecule has 2 aromatic carbocycles. The second kappa shape index (κ2) is 8.03. The molecule has 1 heterocycles. The van der Waals surface area contributed by atoms with Gasteiger partial charge in [0.05, 0.1) is 16.0 Å². The maximum absolute atomic E-state index is 13.6. The monoisotopic (exact) mass is 423 g/mol. The Balaban J connectivity index is 1.89. The largest absolute Gasteiger partial charge is 0.298 e. The summed E-state index contributed by atoms with van der Waals surface area (Å²) in [6.07, 6.45) is 7.59. The number of allylic oxidation sites excluding steroid dienone is 1. The molecule has 1 aliphatic heterocycles. The number of nitrogens with zero attached hydrogens (tertiary/aromatic N) is 1. The first kappa shape index (κ1) is 20.9. The van der Waals surface area contributed by atoms with Crippen LogP contribution in [0.4, 0.5) is 5.69 Å². The van der Waals surface area contributed by atoms with Gasteiger partial charge in [-0.1, -0.05) is 55.7 Å². The number of para-hydroxylation sites is 1. The molecule has 1 saturated carbocycles. The number of carbonyl (C=O) groups excluding carboxylic acids is 1. The molecule has 0 spiro atoms. The lowest BCUT2D eigenvalue weighted by Gasteiger charge is -2.45. The number of hydrogen-bond donors (Lipinski definition) is 0. The molecule has 4 nitrogen and oxygen atoms in total. The van der Waals surface area contributed by atoms with Crippen molar-refractivity contribution in [1.29, 1.82) is 0 Å². The average Bonchev–Trinajstić information content (AvgIpc) is 2.77. The van der Waals surface area contributed by atoms with Crippen LogP contribution in [-0.4, -0.2) is 14.2 Å². The number of fused-ring (bicyclic) bond motifs is 3. The zero-order chi connectivity index (χ0) is 21.4. The fourth-order valence-electron chi connectivity index (χ4n) is 4.84. The summed E-state index contributed by atoms with van der Waals surface area (Å²) in [6.45, 7) is 4.03. The number of carbonyl (C=O) groups is 1. The molecule has 158 valence electrons. The van der Waals surface area contributed by atoms with Gasteiger partial charge in [-0.15, -0.1) is 0 Å². The highest BCUT2D eigenvalue weighted by molar-refractivity contribution is 7.93. The van der Waals surface area contributed by atoms with Crippen LogP contribution in [0, 0.1) is 6.92 Å². The van der Waals surface area contributed by atoms with E-state index in [-0.39, 0.29) is 10.7 Å². The molecule has 1 aliphatic carbocycles. The van der Waals surface area contributed by atoms with Crippen LogP contribution < -0.4 is 4.31 Å². The summed E-state index contributed by atoms with van der Waals surface area (Å²) in [7, 11) is -3.77. The van der Waals surface area contributed by atoms with Crippen molar-refractivity contribution in [2.75, 3.05) is 4.31 Å². The van der Waals surface area contributed by atoms with Crippen LogP contribution in [0.15, 0.2) is 65.2 Å². The minimum atomic E-state index is -3.77. The van der Waals surface area contributed by atoms with Gasteiger partial charge >= 0.3 is 0 Å². The molecular weight excluding hydrogens is 394 g/mol.